The Hall–Kier alpha value is 0.700. The molecule has 2 radical (unpaired) electrons. The van der Waals surface area contributed by atoms with Gasteiger partial charge in [-0.3, -0.25) is 0 Å². The molecule has 7 heavy (non-hydrogen) atoms. The van der Waals surface area contributed by atoms with Crippen molar-refractivity contribution >= 4 is 25.3 Å². The zero-order valence-electron chi connectivity index (χ0n) is 4.73. The van der Waals surface area contributed by atoms with Gasteiger partial charge in [0.1, 0.15) is 0 Å². The quantitative estimate of drug-likeness (QED) is 0.544. The molecule has 0 atom stereocenters. The van der Waals surface area contributed by atoms with Gasteiger partial charge in [-0.2, -0.15) is 0 Å². The van der Waals surface area contributed by atoms with Gasteiger partial charge in [0, 0.05) is 11.5 Å². The molecule has 0 fully saturated rings. The van der Waals surface area contributed by atoms with Crippen molar-refractivity contribution in [1.82, 2.24) is 0 Å². The molecule has 42 valence electrons. The highest BCUT2D eigenvalue weighted by Crippen LogP contribution is 2.17. The van der Waals surface area contributed by atoms with Gasteiger partial charge in [-0.25, -0.2) is 0 Å². The molecule has 0 aromatic heterocycles. The molecule has 0 bridgehead atoms. The van der Waals surface area contributed by atoms with Gasteiger partial charge < -0.3 is 0 Å². The van der Waals surface area contributed by atoms with E-state index in [4.69, 9.17) is 25.3 Å². The van der Waals surface area contributed by atoms with Crippen molar-refractivity contribution < 1.29 is 0 Å². The van der Waals surface area contributed by atoms with Gasteiger partial charge in [0.05, 0.1) is 0 Å². The molecule has 0 amide bonds. The first-order chi connectivity index (χ1) is 3.12. The Morgan fingerprint density at radius 1 is 1.14 bits per heavy atom. The molecule has 0 N–H and O–H groups in total. The fourth-order valence-electron chi connectivity index (χ4n) is 0.0417. The summed E-state index contributed by atoms with van der Waals surface area (Å²) < 4.78 is 0. The summed E-state index contributed by atoms with van der Waals surface area (Å²) in [7, 11) is 0. The van der Waals surface area contributed by atoms with Crippen LogP contribution in [0, 0.1) is 5.41 Å². The van der Waals surface area contributed by atoms with E-state index in [1.165, 1.54) is 0 Å². The van der Waals surface area contributed by atoms with Crippen molar-refractivity contribution in [2.75, 3.05) is 11.5 Å². The molecule has 0 rings (SSSR count). The standard InChI is InChI=1S/C5H10S2/c1-5(2,3-6)4-7/h3-4H2,1-2H3. The molecule has 0 aromatic carbocycles. The van der Waals surface area contributed by atoms with E-state index < -0.39 is 0 Å². The van der Waals surface area contributed by atoms with Crippen molar-refractivity contribution in [3.8, 4) is 0 Å². The van der Waals surface area contributed by atoms with Crippen LogP contribution in [0.1, 0.15) is 13.8 Å². The van der Waals surface area contributed by atoms with Crippen LogP contribution in [0.25, 0.3) is 0 Å². The SMILES string of the molecule is CC(C)(C[S])C[S]. The van der Waals surface area contributed by atoms with Gasteiger partial charge in [-0.05, 0) is 5.41 Å². The maximum Gasteiger partial charge on any atom is 0.00965 e. The van der Waals surface area contributed by atoms with Crippen LogP contribution in [-0.4, -0.2) is 11.5 Å². The van der Waals surface area contributed by atoms with E-state index in [-0.39, 0.29) is 5.41 Å². The van der Waals surface area contributed by atoms with E-state index in [2.05, 4.69) is 13.8 Å². The molecule has 0 aliphatic carbocycles. The van der Waals surface area contributed by atoms with E-state index in [0.717, 1.165) is 11.5 Å². The van der Waals surface area contributed by atoms with Crippen LogP contribution in [-0.2, 0) is 0 Å². The van der Waals surface area contributed by atoms with Crippen LogP contribution in [0.5, 0.6) is 0 Å². The second-order valence-corrected chi connectivity index (χ2v) is 3.03. The van der Waals surface area contributed by atoms with E-state index in [1.54, 1.807) is 0 Å². The van der Waals surface area contributed by atoms with Crippen molar-refractivity contribution in [2.45, 2.75) is 13.8 Å². The average molecular weight is 134 g/mol. The lowest BCUT2D eigenvalue weighted by atomic mass is 10.0. The highest BCUT2D eigenvalue weighted by Gasteiger charge is 2.12. The molecule has 0 heterocycles. The van der Waals surface area contributed by atoms with Crippen molar-refractivity contribution in [3.05, 3.63) is 0 Å². The summed E-state index contributed by atoms with van der Waals surface area (Å²) in [6, 6.07) is 0. The topological polar surface area (TPSA) is 0 Å². The zero-order valence-corrected chi connectivity index (χ0v) is 6.36. The van der Waals surface area contributed by atoms with Crippen LogP contribution < -0.4 is 0 Å². The third-order valence-corrected chi connectivity index (χ3v) is 2.34. The summed E-state index contributed by atoms with van der Waals surface area (Å²) in [6.07, 6.45) is 0. The van der Waals surface area contributed by atoms with Crippen LogP contribution in [0.2, 0.25) is 0 Å². The first kappa shape index (κ1) is 7.70. The summed E-state index contributed by atoms with van der Waals surface area (Å²) in [5.74, 6) is 1.55. The van der Waals surface area contributed by atoms with Gasteiger partial charge in [0.2, 0.25) is 0 Å². The van der Waals surface area contributed by atoms with Gasteiger partial charge in [-0.15, -0.1) is 0 Å². The summed E-state index contributed by atoms with van der Waals surface area (Å²) in [4.78, 5) is 0. The number of hydrogen-bond acceptors (Lipinski definition) is 0. The molecular weight excluding hydrogens is 124 g/mol. The van der Waals surface area contributed by atoms with Crippen LogP contribution in [0.3, 0.4) is 0 Å². The van der Waals surface area contributed by atoms with Gasteiger partial charge in [0.15, 0.2) is 0 Å². The summed E-state index contributed by atoms with van der Waals surface area (Å²) in [6.45, 7) is 4.18. The first-order valence-electron chi connectivity index (χ1n) is 2.28. The minimum absolute atomic E-state index is 0.213. The van der Waals surface area contributed by atoms with Gasteiger partial charge in [0.25, 0.3) is 0 Å². The molecule has 0 saturated heterocycles. The van der Waals surface area contributed by atoms with E-state index in [0.29, 0.717) is 0 Å². The average Bonchev–Trinajstić information content (AvgIpc) is 1.68. The highest BCUT2D eigenvalue weighted by atomic mass is 32.1. The minimum atomic E-state index is 0.213. The largest absolute Gasteiger partial charge is 0.0935 e. The molecule has 0 aliphatic heterocycles. The van der Waals surface area contributed by atoms with Crippen molar-refractivity contribution in [3.63, 3.8) is 0 Å². The molecule has 0 unspecified atom stereocenters. The third-order valence-electron chi connectivity index (χ3n) is 0.781. The maximum atomic E-state index is 4.82. The summed E-state index contributed by atoms with van der Waals surface area (Å²) in [5, 5.41) is 0. The third kappa shape index (κ3) is 3.30. The van der Waals surface area contributed by atoms with E-state index in [1.807, 2.05) is 0 Å². The van der Waals surface area contributed by atoms with Gasteiger partial charge in [-0.1, -0.05) is 39.1 Å². The minimum Gasteiger partial charge on any atom is -0.0935 e. The Labute approximate surface area is 56.5 Å². The zero-order chi connectivity index (χ0) is 5.91. The molecule has 0 aliphatic rings. The van der Waals surface area contributed by atoms with Gasteiger partial charge >= 0.3 is 0 Å². The second kappa shape index (κ2) is 2.88. The predicted molar refractivity (Wildman–Crippen MR) is 38.7 cm³/mol. The monoisotopic (exact) mass is 134 g/mol. The molecular formula is C5H10S2. The Bertz CT molecular complexity index is 44.0. The Morgan fingerprint density at radius 2 is 1.43 bits per heavy atom. The lowest BCUT2D eigenvalue weighted by molar-refractivity contribution is 0.495. The van der Waals surface area contributed by atoms with Crippen molar-refractivity contribution in [2.24, 2.45) is 5.41 Å². The lowest BCUT2D eigenvalue weighted by Crippen LogP contribution is -2.14. The molecule has 0 spiro atoms. The Balaban J connectivity index is 3.36. The fraction of sp³-hybridized carbons (Fsp3) is 1.00. The highest BCUT2D eigenvalue weighted by molar-refractivity contribution is 7.81. The first-order valence-corrected chi connectivity index (χ1v) is 3.44. The predicted octanol–water partition coefficient (Wildman–Crippen LogP) is 2.41. The second-order valence-electron chi connectivity index (χ2n) is 2.45. The van der Waals surface area contributed by atoms with Crippen LogP contribution in [0.15, 0.2) is 0 Å². The number of hydrogen-bond donors (Lipinski definition) is 0. The molecule has 0 aromatic rings. The smallest absolute Gasteiger partial charge is 0.00965 e. The summed E-state index contributed by atoms with van der Waals surface area (Å²) in [5.41, 5.74) is 0.213. The maximum absolute atomic E-state index is 4.82. The van der Waals surface area contributed by atoms with E-state index in [9.17, 15) is 0 Å². The van der Waals surface area contributed by atoms with Crippen LogP contribution in [0.4, 0.5) is 0 Å². The number of rotatable bonds is 2. The molecule has 0 nitrogen and oxygen atoms in total. The molecule has 2 heteroatoms. The fourth-order valence-corrected chi connectivity index (χ4v) is 0.375. The Kier molecular flexibility index (Phi) is 3.16. The summed E-state index contributed by atoms with van der Waals surface area (Å²) >= 11 is 9.64. The lowest BCUT2D eigenvalue weighted by Gasteiger charge is -2.16. The normalized spacial score (nSPS) is 12.0. The molecule has 0 saturated carbocycles. The van der Waals surface area contributed by atoms with Crippen LogP contribution >= 0.6 is 25.3 Å². The Morgan fingerprint density at radius 3 is 1.43 bits per heavy atom. The van der Waals surface area contributed by atoms with Crippen molar-refractivity contribution in [1.29, 1.82) is 0 Å². The van der Waals surface area contributed by atoms with E-state index >= 15 is 0 Å².